The minimum Gasteiger partial charge on any atom is -0.395 e. The third-order valence-electron chi connectivity index (χ3n) is 4.50. The van der Waals surface area contributed by atoms with Crippen LogP contribution >= 0.6 is 0 Å². The summed E-state index contributed by atoms with van der Waals surface area (Å²) in [4.78, 5) is 2.49. The highest BCUT2D eigenvalue weighted by molar-refractivity contribution is 5.71. The molecule has 122 valence electrons. The molecule has 0 bridgehead atoms. The van der Waals surface area contributed by atoms with E-state index in [-0.39, 0.29) is 6.61 Å². The van der Waals surface area contributed by atoms with Crippen LogP contribution in [0, 0.1) is 0 Å². The fourth-order valence-corrected chi connectivity index (χ4v) is 3.34. The Morgan fingerprint density at radius 3 is 2.04 bits per heavy atom. The van der Waals surface area contributed by atoms with E-state index in [4.69, 9.17) is 5.11 Å². The molecule has 0 fully saturated rings. The molecule has 0 aliphatic carbocycles. The first kappa shape index (κ1) is 16.0. The molecule has 1 aliphatic heterocycles. The molecule has 0 aromatic heterocycles. The van der Waals surface area contributed by atoms with Crippen LogP contribution in [0.2, 0.25) is 0 Å². The summed E-state index contributed by atoms with van der Waals surface area (Å²) in [6.45, 7) is 2.91. The van der Waals surface area contributed by atoms with Crippen LogP contribution in [0.25, 0.3) is 0 Å². The Labute approximate surface area is 139 Å². The van der Waals surface area contributed by atoms with Crippen molar-refractivity contribution in [1.29, 1.82) is 0 Å². The van der Waals surface area contributed by atoms with Crippen molar-refractivity contribution in [3.05, 3.63) is 59.7 Å². The van der Waals surface area contributed by atoms with E-state index in [1.807, 2.05) is 0 Å². The van der Waals surface area contributed by atoms with E-state index in [1.165, 1.54) is 22.5 Å². The Morgan fingerprint density at radius 2 is 1.43 bits per heavy atom. The molecular weight excluding hydrogens is 284 g/mol. The van der Waals surface area contributed by atoms with Crippen LogP contribution < -0.4 is 10.2 Å². The second-order valence-electron chi connectivity index (χ2n) is 6.09. The molecule has 23 heavy (non-hydrogen) atoms. The molecule has 0 radical (unpaired) electrons. The molecule has 2 aromatic carbocycles. The third kappa shape index (κ3) is 3.92. The van der Waals surface area contributed by atoms with Gasteiger partial charge in [0.05, 0.1) is 6.61 Å². The Kier molecular flexibility index (Phi) is 5.67. The van der Waals surface area contributed by atoms with Gasteiger partial charge in [-0.15, -0.1) is 0 Å². The quantitative estimate of drug-likeness (QED) is 0.770. The highest BCUT2D eigenvalue weighted by atomic mass is 16.3. The average molecular weight is 310 g/mol. The van der Waals surface area contributed by atoms with E-state index in [2.05, 4.69) is 58.7 Å². The molecule has 0 saturated heterocycles. The zero-order valence-corrected chi connectivity index (χ0v) is 13.7. The fraction of sp³-hybridized carbons (Fsp3) is 0.400. The zero-order valence-electron chi connectivity index (χ0n) is 13.7. The van der Waals surface area contributed by atoms with Crippen molar-refractivity contribution in [2.75, 3.05) is 31.1 Å². The molecule has 1 heterocycles. The summed E-state index contributed by atoms with van der Waals surface area (Å²) in [5.74, 6) is 0. The van der Waals surface area contributed by atoms with Gasteiger partial charge in [0.1, 0.15) is 0 Å². The van der Waals surface area contributed by atoms with Gasteiger partial charge in [-0.2, -0.15) is 0 Å². The summed E-state index contributed by atoms with van der Waals surface area (Å²) >= 11 is 0. The van der Waals surface area contributed by atoms with Crippen molar-refractivity contribution in [2.24, 2.45) is 0 Å². The molecule has 2 N–H and O–H groups in total. The average Bonchev–Trinajstić information content (AvgIpc) is 2.75. The normalized spacial score (nSPS) is 13.3. The van der Waals surface area contributed by atoms with E-state index in [0.717, 1.165) is 38.8 Å². The SMILES string of the molecule is OCCNCCCCN1c2ccccc2CCc2ccccc21. The van der Waals surface area contributed by atoms with Crippen LogP contribution in [0.1, 0.15) is 24.0 Å². The number of hydrogen-bond acceptors (Lipinski definition) is 3. The number of aliphatic hydroxyl groups excluding tert-OH is 1. The smallest absolute Gasteiger partial charge is 0.0555 e. The van der Waals surface area contributed by atoms with Gasteiger partial charge in [0.25, 0.3) is 0 Å². The number of rotatable bonds is 7. The van der Waals surface area contributed by atoms with Crippen molar-refractivity contribution in [2.45, 2.75) is 25.7 Å². The van der Waals surface area contributed by atoms with Crippen LogP contribution in [0.3, 0.4) is 0 Å². The number of unbranched alkanes of at least 4 members (excludes halogenated alkanes) is 1. The van der Waals surface area contributed by atoms with Gasteiger partial charge in [0, 0.05) is 24.5 Å². The molecule has 3 heteroatoms. The Bertz CT molecular complexity index is 579. The minimum atomic E-state index is 0.215. The maximum atomic E-state index is 8.81. The fourth-order valence-electron chi connectivity index (χ4n) is 3.34. The van der Waals surface area contributed by atoms with Crippen molar-refractivity contribution in [3.63, 3.8) is 0 Å². The lowest BCUT2D eigenvalue weighted by Crippen LogP contribution is -2.23. The van der Waals surface area contributed by atoms with Gasteiger partial charge < -0.3 is 15.3 Å². The maximum absolute atomic E-state index is 8.81. The second kappa shape index (κ2) is 8.14. The van der Waals surface area contributed by atoms with Crippen molar-refractivity contribution in [1.82, 2.24) is 5.32 Å². The molecule has 3 nitrogen and oxygen atoms in total. The standard InChI is InChI=1S/C20H26N2O/c23-16-14-21-13-5-6-15-22-19-9-3-1-7-17(19)11-12-18-8-2-4-10-20(18)22/h1-4,7-10,21,23H,5-6,11-16H2. The predicted octanol–water partition coefficient (Wildman–Crippen LogP) is 3.29. The number of aliphatic hydroxyl groups is 1. The molecule has 2 aromatic rings. The second-order valence-corrected chi connectivity index (χ2v) is 6.09. The molecule has 1 aliphatic rings. The van der Waals surface area contributed by atoms with Crippen LogP contribution in [-0.2, 0) is 12.8 Å². The van der Waals surface area contributed by atoms with E-state index in [1.54, 1.807) is 0 Å². The van der Waals surface area contributed by atoms with Gasteiger partial charge in [-0.3, -0.25) is 0 Å². The van der Waals surface area contributed by atoms with E-state index in [0.29, 0.717) is 6.54 Å². The van der Waals surface area contributed by atoms with Crippen LogP contribution in [0.4, 0.5) is 11.4 Å². The van der Waals surface area contributed by atoms with Crippen molar-refractivity contribution in [3.8, 4) is 0 Å². The topological polar surface area (TPSA) is 35.5 Å². The zero-order chi connectivity index (χ0) is 15.9. The molecular formula is C20H26N2O. The lowest BCUT2D eigenvalue weighted by Gasteiger charge is -2.27. The third-order valence-corrected chi connectivity index (χ3v) is 4.50. The van der Waals surface area contributed by atoms with Crippen molar-refractivity contribution >= 4 is 11.4 Å². The van der Waals surface area contributed by atoms with Crippen LogP contribution in [0.5, 0.6) is 0 Å². The van der Waals surface area contributed by atoms with E-state index in [9.17, 15) is 0 Å². The number of para-hydroxylation sites is 2. The van der Waals surface area contributed by atoms with Gasteiger partial charge in [-0.05, 0) is 55.5 Å². The lowest BCUT2D eigenvalue weighted by atomic mass is 10.0. The Balaban J connectivity index is 1.74. The highest BCUT2D eigenvalue weighted by Crippen LogP contribution is 2.35. The first-order valence-corrected chi connectivity index (χ1v) is 8.65. The molecule has 0 saturated carbocycles. The van der Waals surface area contributed by atoms with Crippen molar-refractivity contribution < 1.29 is 5.11 Å². The molecule has 0 amide bonds. The molecule has 0 spiro atoms. The van der Waals surface area contributed by atoms with Gasteiger partial charge in [-0.1, -0.05) is 36.4 Å². The number of hydrogen-bond donors (Lipinski definition) is 2. The van der Waals surface area contributed by atoms with Crippen LogP contribution in [0.15, 0.2) is 48.5 Å². The van der Waals surface area contributed by atoms with Gasteiger partial charge in [-0.25, -0.2) is 0 Å². The number of aryl methyl sites for hydroxylation is 2. The first-order valence-electron chi connectivity index (χ1n) is 8.65. The summed E-state index contributed by atoms with van der Waals surface area (Å²) < 4.78 is 0. The number of nitrogens with one attached hydrogen (secondary N) is 1. The molecule has 3 rings (SSSR count). The summed E-state index contributed by atoms with van der Waals surface area (Å²) in [5, 5.41) is 12.1. The predicted molar refractivity (Wildman–Crippen MR) is 96.5 cm³/mol. The number of nitrogens with zero attached hydrogens (tertiary/aromatic N) is 1. The largest absolute Gasteiger partial charge is 0.395 e. The summed E-state index contributed by atoms with van der Waals surface area (Å²) in [5.41, 5.74) is 5.62. The summed E-state index contributed by atoms with van der Waals surface area (Å²) in [6.07, 6.45) is 4.49. The summed E-state index contributed by atoms with van der Waals surface area (Å²) in [6, 6.07) is 17.6. The number of benzene rings is 2. The highest BCUT2D eigenvalue weighted by Gasteiger charge is 2.19. The maximum Gasteiger partial charge on any atom is 0.0555 e. The molecule has 0 atom stereocenters. The lowest BCUT2D eigenvalue weighted by molar-refractivity contribution is 0.292. The van der Waals surface area contributed by atoms with E-state index >= 15 is 0 Å². The summed E-state index contributed by atoms with van der Waals surface area (Å²) in [7, 11) is 0. The number of fused-ring (bicyclic) bond motifs is 2. The minimum absolute atomic E-state index is 0.215. The molecule has 0 unspecified atom stereocenters. The monoisotopic (exact) mass is 310 g/mol. The van der Waals surface area contributed by atoms with Gasteiger partial charge >= 0.3 is 0 Å². The number of anilines is 2. The van der Waals surface area contributed by atoms with Gasteiger partial charge in [0.15, 0.2) is 0 Å². The Morgan fingerprint density at radius 1 is 0.826 bits per heavy atom. The first-order chi connectivity index (χ1) is 11.4. The Hall–Kier alpha value is -1.84. The van der Waals surface area contributed by atoms with E-state index < -0.39 is 0 Å². The van der Waals surface area contributed by atoms with Crippen LogP contribution in [-0.4, -0.2) is 31.3 Å². The van der Waals surface area contributed by atoms with Gasteiger partial charge in [0.2, 0.25) is 0 Å².